The van der Waals surface area contributed by atoms with Crippen LogP contribution in [0.3, 0.4) is 0 Å². The highest BCUT2D eigenvalue weighted by molar-refractivity contribution is 6.01. The molecule has 0 atom stereocenters. The lowest BCUT2D eigenvalue weighted by Crippen LogP contribution is -2.21. The molecule has 0 aliphatic rings. The average molecular weight is 266 g/mol. The second-order valence-corrected chi connectivity index (χ2v) is 6.40. The number of rotatable bonds is 3. The van der Waals surface area contributed by atoms with Gasteiger partial charge in [-0.2, -0.15) is 0 Å². The quantitative estimate of drug-likeness (QED) is 0.728. The number of hydrogen-bond donors (Lipinski definition) is 0. The summed E-state index contributed by atoms with van der Waals surface area (Å²) in [7, 11) is 0. The third-order valence-electron chi connectivity index (χ3n) is 3.42. The Balaban J connectivity index is 2.36. The summed E-state index contributed by atoms with van der Waals surface area (Å²) < 4.78 is 0. The molecule has 0 amide bonds. The molecule has 20 heavy (non-hydrogen) atoms. The molecule has 2 aromatic carbocycles. The van der Waals surface area contributed by atoms with Gasteiger partial charge in [0.25, 0.3) is 0 Å². The molecule has 0 aromatic heterocycles. The van der Waals surface area contributed by atoms with Crippen molar-refractivity contribution in [1.82, 2.24) is 0 Å². The van der Waals surface area contributed by atoms with Crippen LogP contribution in [-0.2, 0) is 6.42 Å². The Kier molecular flexibility index (Phi) is 4.08. The van der Waals surface area contributed by atoms with Crippen molar-refractivity contribution >= 4 is 5.78 Å². The van der Waals surface area contributed by atoms with Gasteiger partial charge in [-0.05, 0) is 24.5 Å². The SMILES string of the molecule is Cc1cccc(Cc2ccccc2C(=O)C(C)(C)C)c1. The first-order valence-electron chi connectivity index (χ1n) is 7.06. The Morgan fingerprint density at radius 3 is 2.35 bits per heavy atom. The molecule has 0 radical (unpaired) electrons. The Labute approximate surface area is 121 Å². The molecule has 2 aromatic rings. The highest BCUT2D eigenvalue weighted by Gasteiger charge is 2.24. The van der Waals surface area contributed by atoms with Gasteiger partial charge in [0.2, 0.25) is 0 Å². The number of Topliss-reactive ketones (excluding diaryl/α,β-unsaturated/α-hetero) is 1. The molecule has 0 heterocycles. The first kappa shape index (κ1) is 14.5. The molecule has 2 rings (SSSR count). The monoisotopic (exact) mass is 266 g/mol. The standard InChI is InChI=1S/C19H22O/c1-14-8-7-9-15(12-14)13-16-10-5-6-11-17(16)18(20)19(2,3)4/h5-12H,13H2,1-4H3. The van der Waals surface area contributed by atoms with Crippen LogP contribution < -0.4 is 0 Å². The summed E-state index contributed by atoms with van der Waals surface area (Å²) in [6.07, 6.45) is 0.805. The van der Waals surface area contributed by atoms with Gasteiger partial charge < -0.3 is 0 Å². The van der Waals surface area contributed by atoms with Crippen molar-refractivity contribution < 1.29 is 4.79 Å². The maximum atomic E-state index is 12.5. The molecule has 0 aliphatic carbocycles. The number of ketones is 1. The molecular formula is C19H22O. The molecule has 0 saturated carbocycles. The third kappa shape index (κ3) is 3.36. The van der Waals surface area contributed by atoms with Gasteiger partial charge in [-0.3, -0.25) is 4.79 Å². The van der Waals surface area contributed by atoms with Crippen molar-refractivity contribution in [1.29, 1.82) is 0 Å². The maximum absolute atomic E-state index is 12.5. The topological polar surface area (TPSA) is 17.1 Å². The molecule has 1 nitrogen and oxygen atoms in total. The summed E-state index contributed by atoms with van der Waals surface area (Å²) in [6.45, 7) is 8.01. The molecule has 0 saturated heterocycles. The highest BCUT2D eigenvalue weighted by atomic mass is 16.1. The first-order valence-corrected chi connectivity index (χ1v) is 7.06. The van der Waals surface area contributed by atoms with Crippen molar-refractivity contribution in [3.63, 3.8) is 0 Å². The van der Waals surface area contributed by atoms with Gasteiger partial charge >= 0.3 is 0 Å². The van der Waals surface area contributed by atoms with Crippen molar-refractivity contribution in [2.45, 2.75) is 34.1 Å². The molecule has 0 N–H and O–H groups in total. The fraction of sp³-hybridized carbons (Fsp3) is 0.316. The van der Waals surface area contributed by atoms with Gasteiger partial charge in [-0.25, -0.2) is 0 Å². The Morgan fingerprint density at radius 1 is 1.00 bits per heavy atom. The lowest BCUT2D eigenvalue weighted by molar-refractivity contribution is 0.0857. The zero-order valence-corrected chi connectivity index (χ0v) is 12.7. The van der Waals surface area contributed by atoms with Crippen LogP contribution in [0.15, 0.2) is 48.5 Å². The van der Waals surface area contributed by atoms with Crippen LogP contribution in [0.2, 0.25) is 0 Å². The zero-order chi connectivity index (χ0) is 14.8. The molecule has 1 heteroatoms. The van der Waals surface area contributed by atoms with Gasteiger partial charge in [0.1, 0.15) is 0 Å². The minimum absolute atomic E-state index is 0.209. The molecule has 0 fully saturated rings. The van der Waals surface area contributed by atoms with Crippen LogP contribution in [-0.4, -0.2) is 5.78 Å². The predicted molar refractivity (Wildman–Crippen MR) is 84.2 cm³/mol. The van der Waals surface area contributed by atoms with E-state index in [2.05, 4.69) is 37.3 Å². The van der Waals surface area contributed by atoms with E-state index in [0.717, 1.165) is 17.5 Å². The van der Waals surface area contributed by atoms with E-state index in [4.69, 9.17) is 0 Å². The summed E-state index contributed by atoms with van der Waals surface area (Å²) in [5.74, 6) is 0.209. The fourth-order valence-corrected chi connectivity index (χ4v) is 2.34. The van der Waals surface area contributed by atoms with Gasteiger partial charge in [0.15, 0.2) is 5.78 Å². The largest absolute Gasteiger partial charge is 0.294 e. The van der Waals surface area contributed by atoms with Gasteiger partial charge in [-0.15, -0.1) is 0 Å². The second kappa shape index (κ2) is 5.62. The van der Waals surface area contributed by atoms with E-state index in [1.807, 2.05) is 39.0 Å². The number of carbonyl (C=O) groups excluding carboxylic acids is 1. The normalized spacial score (nSPS) is 11.4. The first-order chi connectivity index (χ1) is 9.38. The molecular weight excluding hydrogens is 244 g/mol. The molecule has 0 unspecified atom stereocenters. The number of benzene rings is 2. The Morgan fingerprint density at radius 2 is 1.70 bits per heavy atom. The van der Waals surface area contributed by atoms with Crippen LogP contribution in [0.5, 0.6) is 0 Å². The summed E-state index contributed by atoms with van der Waals surface area (Å²) in [5.41, 5.74) is 4.11. The molecule has 104 valence electrons. The lowest BCUT2D eigenvalue weighted by Gasteiger charge is -2.19. The number of hydrogen-bond acceptors (Lipinski definition) is 1. The smallest absolute Gasteiger partial charge is 0.168 e. The van der Waals surface area contributed by atoms with Crippen molar-refractivity contribution in [3.8, 4) is 0 Å². The van der Waals surface area contributed by atoms with Crippen LogP contribution in [0.25, 0.3) is 0 Å². The van der Waals surface area contributed by atoms with Gasteiger partial charge in [0, 0.05) is 11.0 Å². The van der Waals surface area contributed by atoms with Gasteiger partial charge in [-0.1, -0.05) is 74.9 Å². The minimum atomic E-state index is -0.345. The Bertz CT molecular complexity index is 618. The average Bonchev–Trinajstić information content (AvgIpc) is 2.37. The maximum Gasteiger partial charge on any atom is 0.168 e. The van der Waals surface area contributed by atoms with E-state index in [-0.39, 0.29) is 11.2 Å². The summed E-state index contributed by atoms with van der Waals surface area (Å²) in [6, 6.07) is 16.4. The van der Waals surface area contributed by atoms with E-state index in [1.165, 1.54) is 11.1 Å². The predicted octanol–water partition coefficient (Wildman–Crippen LogP) is 4.81. The van der Waals surface area contributed by atoms with E-state index < -0.39 is 0 Å². The van der Waals surface area contributed by atoms with Crippen molar-refractivity contribution in [3.05, 3.63) is 70.8 Å². The van der Waals surface area contributed by atoms with E-state index in [0.29, 0.717) is 0 Å². The van der Waals surface area contributed by atoms with E-state index in [1.54, 1.807) is 0 Å². The van der Waals surface area contributed by atoms with Crippen LogP contribution in [0.1, 0.15) is 47.8 Å². The summed E-state index contributed by atoms with van der Waals surface area (Å²) in [5, 5.41) is 0. The number of carbonyl (C=O) groups is 1. The molecule has 0 bridgehead atoms. The van der Waals surface area contributed by atoms with E-state index in [9.17, 15) is 4.79 Å². The summed E-state index contributed by atoms with van der Waals surface area (Å²) in [4.78, 5) is 12.5. The number of aryl methyl sites for hydroxylation is 1. The van der Waals surface area contributed by atoms with Crippen LogP contribution >= 0.6 is 0 Å². The van der Waals surface area contributed by atoms with Crippen molar-refractivity contribution in [2.24, 2.45) is 5.41 Å². The third-order valence-corrected chi connectivity index (χ3v) is 3.42. The van der Waals surface area contributed by atoms with Gasteiger partial charge in [0.05, 0.1) is 0 Å². The van der Waals surface area contributed by atoms with Crippen LogP contribution in [0.4, 0.5) is 0 Å². The molecule has 0 aliphatic heterocycles. The van der Waals surface area contributed by atoms with Crippen LogP contribution in [0, 0.1) is 12.3 Å². The molecule has 0 spiro atoms. The second-order valence-electron chi connectivity index (χ2n) is 6.40. The zero-order valence-electron chi connectivity index (χ0n) is 12.7. The van der Waals surface area contributed by atoms with E-state index >= 15 is 0 Å². The highest BCUT2D eigenvalue weighted by Crippen LogP contribution is 2.24. The summed E-state index contributed by atoms with van der Waals surface area (Å²) >= 11 is 0. The van der Waals surface area contributed by atoms with Crippen molar-refractivity contribution in [2.75, 3.05) is 0 Å². The fourth-order valence-electron chi connectivity index (χ4n) is 2.34. The lowest BCUT2D eigenvalue weighted by atomic mass is 9.83. The minimum Gasteiger partial charge on any atom is -0.294 e. The Hall–Kier alpha value is -1.89.